The standard InChI is InChI=1S/C12H18NO6PS.C10H16NO14P3S.C10H14NO8PS.C10H13NO5S.Na/c1-20(2,18)19-5-8-10(16)11(17)12(21-8)6-4-13-9(15)3-7(6)14;12-5-1-7(13)11-2-4(5)10-9(15)8(14)6(29-10)3-23-27(19,20)25-28(21,22)24-26(16,17)18;12-5-1-7(13)11-2-4(5)10-9(15)8(14)6(21-10)3-19-20(16,17)18;12-3-6-8(15)9(16)10(17-6)4-2-11-7(14)1-5(4)13;/h4,8,10-12,16-17H,3,5H2,1-2H3,(H,13,15);2,6,8-10,14-15H,1,3H2,(H,11,13)(H,19,20)(H,21,22)(H2,16,17,18);2,6,8-10,14-15H,1,3H2,(H,11,13)(H2,16,17,18);2,6,8-10,12,15-16H,1,3H2,(H,11,14);/q;;;;+1/p-3/t8-,10-,11-,12+;3*6-,8-,9-,10+;/m1111./s1. The second kappa shape index (κ2) is 33.3. The van der Waals surface area contributed by atoms with Crippen molar-refractivity contribution in [1.82, 2.24) is 21.3 Å². The van der Waals surface area contributed by atoms with Crippen LogP contribution in [0, 0.1) is 0 Å². The molecular formula is C42H58N4NaO33P5S4-2. The van der Waals surface area contributed by atoms with Crippen molar-refractivity contribution in [1.29, 1.82) is 0 Å². The molecule has 8 aliphatic heterocycles. The van der Waals surface area contributed by atoms with Gasteiger partial charge < -0.3 is 106 Å². The first kappa shape index (κ1) is 79.7. The monoisotopic (exact) mass is 1450 g/mol. The van der Waals surface area contributed by atoms with Crippen LogP contribution in [0.2, 0.25) is 0 Å². The minimum atomic E-state index is -6.06. The van der Waals surface area contributed by atoms with Crippen molar-refractivity contribution < 1.29 is 188 Å². The van der Waals surface area contributed by atoms with Crippen LogP contribution in [-0.4, -0.2) is 238 Å². The summed E-state index contributed by atoms with van der Waals surface area (Å²) in [6.07, 6.45) is -6.70. The van der Waals surface area contributed by atoms with Gasteiger partial charge in [-0.05, 0) is 0 Å². The fourth-order valence-corrected chi connectivity index (χ4v) is 18.7. The summed E-state index contributed by atoms with van der Waals surface area (Å²) in [6.45, 7) is 1.27. The Labute approximate surface area is 541 Å². The number of Topliss-reactive ketones (excluding diaryl/α,β-unsaturated/α-hetero) is 4. The van der Waals surface area contributed by atoms with Crippen LogP contribution in [0.1, 0.15) is 25.7 Å². The maximum atomic E-state index is 11.9. The topological polar surface area (TPSA) is 628 Å². The molecule has 3 unspecified atom stereocenters. The molecule has 8 rings (SSSR count). The molecule has 4 fully saturated rings. The normalized spacial score (nSPS) is 34.3. The number of carbonyl (C=O) groups excluding carboxylic acids is 8. The molecule has 4 saturated heterocycles. The molecule has 0 spiro atoms. The Balaban J connectivity index is 0.000000257. The first-order valence-electron chi connectivity index (χ1n) is 24.9. The zero-order valence-corrected chi connectivity index (χ0v) is 55.8. The first-order valence-corrected chi connectivity index (χ1v) is 37.2. The number of aliphatic hydroxyl groups excluding tert-OH is 9. The van der Waals surface area contributed by atoms with Gasteiger partial charge in [-0.1, -0.05) is 0 Å². The van der Waals surface area contributed by atoms with E-state index < -0.39 is 173 Å². The molecule has 47 heteroatoms. The summed E-state index contributed by atoms with van der Waals surface area (Å²) in [5.41, 5.74) is 0.698. The Kier molecular flexibility index (Phi) is 29.8. The van der Waals surface area contributed by atoms with Gasteiger partial charge in [0, 0.05) is 60.4 Å². The van der Waals surface area contributed by atoms with Crippen molar-refractivity contribution in [3.63, 3.8) is 0 Å². The molecule has 4 amide bonds. The Bertz CT molecular complexity index is 3000. The van der Waals surface area contributed by atoms with E-state index in [0.29, 0.717) is 11.8 Å². The van der Waals surface area contributed by atoms with Gasteiger partial charge in [0.05, 0.1) is 143 Å². The van der Waals surface area contributed by atoms with Crippen molar-refractivity contribution in [2.24, 2.45) is 0 Å². The molecule has 8 aliphatic rings. The number of carbonyl (C=O) groups is 8. The van der Waals surface area contributed by atoms with E-state index >= 15 is 0 Å². The minimum Gasteiger partial charge on any atom is -0.756 e. The van der Waals surface area contributed by atoms with Crippen LogP contribution in [0.25, 0.3) is 0 Å². The molecule has 0 aromatic heterocycles. The van der Waals surface area contributed by atoms with Gasteiger partial charge in [0.1, 0.15) is 0 Å². The predicted molar refractivity (Wildman–Crippen MR) is 296 cm³/mol. The second-order valence-corrected chi connectivity index (χ2v) is 33.5. The molecule has 496 valence electrons. The number of hydrogen-bond donors (Lipinski definition) is 16. The van der Waals surface area contributed by atoms with Crippen LogP contribution in [0.4, 0.5) is 0 Å². The molecule has 89 heavy (non-hydrogen) atoms. The maximum absolute atomic E-state index is 11.9. The van der Waals surface area contributed by atoms with E-state index in [-0.39, 0.29) is 108 Å². The number of nitrogens with one attached hydrogen (secondary N) is 4. The van der Waals surface area contributed by atoms with Crippen LogP contribution < -0.4 is 65.5 Å². The number of ketones is 4. The molecule has 0 aromatic rings. The summed E-state index contributed by atoms with van der Waals surface area (Å²) >= 11 is 4.02. The third-order valence-electron chi connectivity index (χ3n) is 12.7. The third kappa shape index (κ3) is 23.3. The summed E-state index contributed by atoms with van der Waals surface area (Å²) in [5, 5.41) is 91.9. The fourth-order valence-electron chi connectivity index (χ4n) is 8.58. The number of thioether (sulfide) groups is 4. The average Bonchev–Trinajstić information content (AvgIpc) is 2.34. The van der Waals surface area contributed by atoms with E-state index in [9.17, 15) is 117 Å². The van der Waals surface area contributed by atoms with Gasteiger partial charge in [0.25, 0.3) is 23.5 Å². The average molecular weight is 1450 g/mol. The molecule has 16 N–H and O–H groups in total. The molecule has 0 radical (unpaired) electrons. The van der Waals surface area contributed by atoms with E-state index in [1.165, 1.54) is 43.7 Å². The summed E-state index contributed by atoms with van der Waals surface area (Å²) in [4.78, 5) is 150. The van der Waals surface area contributed by atoms with Gasteiger partial charge in [-0.3, -0.25) is 61.1 Å². The first-order chi connectivity index (χ1) is 40.5. The quantitative estimate of drug-likeness (QED) is 0.0344. The zero-order chi connectivity index (χ0) is 66.3. The molecule has 19 atom stereocenters. The van der Waals surface area contributed by atoms with E-state index in [0.717, 1.165) is 29.7 Å². The summed E-state index contributed by atoms with van der Waals surface area (Å²) in [7, 11) is -25.0. The van der Waals surface area contributed by atoms with Gasteiger partial charge in [-0.25, -0.2) is 13.2 Å². The van der Waals surface area contributed by atoms with Gasteiger partial charge in [-0.15, -0.1) is 47.0 Å². The van der Waals surface area contributed by atoms with Crippen LogP contribution in [0.15, 0.2) is 47.1 Å². The zero-order valence-electron chi connectivity index (χ0n) is 46.0. The molecular weight excluding hydrogens is 1390 g/mol. The van der Waals surface area contributed by atoms with Crippen molar-refractivity contribution in [2.75, 3.05) is 39.8 Å². The summed E-state index contributed by atoms with van der Waals surface area (Å²) in [6, 6.07) is 0. The van der Waals surface area contributed by atoms with Gasteiger partial charge in [0.15, 0.2) is 30.5 Å². The molecule has 8 heterocycles. The van der Waals surface area contributed by atoms with Crippen molar-refractivity contribution in [3.8, 4) is 0 Å². The number of phosphoric acid groups is 4. The fraction of sp³-hybridized carbons (Fsp3) is 0.619. The largest absolute Gasteiger partial charge is 1.00 e. The number of hydrogen-bond acceptors (Lipinski definition) is 34. The number of aliphatic hydroxyl groups is 9. The Morgan fingerprint density at radius 2 is 0.708 bits per heavy atom. The number of amides is 4. The SMILES string of the molecule is CP(C)(=O)OC[C@H]1S[C@@H](C2=CNC(=O)CC2=O)[C@H](O)[C@@H]1O.O=C1CC(=O)C([C@@H]2S[C@H](CO)[C@@H](O)[C@H]2O)=CN1.O=C1CC(=O)C([C@@H]2S[C@H](COP(=O)(O)O)[C@@H](O)[C@H]2O)=CN1.O=C1CC(=O)C([C@@H]2S[C@H](COP(=O)([O-])OP(=O)([O-])OP(=O)([O-])O)[C@@H](O)[C@H]2O)=CN1.[Na+]. The van der Waals surface area contributed by atoms with Crippen LogP contribution in [0.3, 0.4) is 0 Å². The van der Waals surface area contributed by atoms with Crippen molar-refractivity contribution in [2.45, 2.75) is 117 Å². The van der Waals surface area contributed by atoms with Crippen LogP contribution in [0.5, 0.6) is 0 Å². The number of phosphoric ester groups is 2. The van der Waals surface area contributed by atoms with Gasteiger partial charge in [0.2, 0.25) is 23.6 Å². The maximum Gasteiger partial charge on any atom is 1.00 e. The molecule has 0 bridgehead atoms. The molecule has 37 nitrogen and oxygen atoms in total. The molecule has 0 aliphatic carbocycles. The van der Waals surface area contributed by atoms with Gasteiger partial charge >= 0.3 is 37.4 Å². The summed E-state index contributed by atoms with van der Waals surface area (Å²) < 4.78 is 75.5. The molecule has 0 aromatic carbocycles. The van der Waals surface area contributed by atoms with E-state index in [1.54, 1.807) is 0 Å². The minimum absolute atomic E-state index is 0. The Morgan fingerprint density at radius 3 is 0.955 bits per heavy atom. The van der Waals surface area contributed by atoms with Crippen LogP contribution in [-0.2, 0) is 83.4 Å². The predicted octanol–water partition coefficient (Wildman–Crippen LogP) is -10.2. The Morgan fingerprint density at radius 1 is 0.438 bits per heavy atom. The van der Waals surface area contributed by atoms with Gasteiger partial charge in [-0.2, -0.15) is 0 Å². The third-order valence-corrected chi connectivity index (χ3v) is 24.1. The second-order valence-electron chi connectivity index (χ2n) is 19.7. The summed E-state index contributed by atoms with van der Waals surface area (Å²) in [5.74, 6) is -3.59. The Hall–Kier alpha value is -1.73. The van der Waals surface area contributed by atoms with Crippen molar-refractivity contribution >= 4 is 132 Å². The van der Waals surface area contributed by atoms with Crippen molar-refractivity contribution in [3.05, 3.63) is 47.1 Å². The molecule has 0 saturated carbocycles. The van der Waals surface area contributed by atoms with E-state index in [2.05, 4.69) is 38.9 Å². The van der Waals surface area contributed by atoms with E-state index in [1.807, 2.05) is 0 Å². The smallest absolute Gasteiger partial charge is 0.756 e. The van der Waals surface area contributed by atoms with E-state index in [4.69, 9.17) is 24.3 Å². The van der Waals surface area contributed by atoms with Crippen LogP contribution >= 0.6 is 85.7 Å². The number of rotatable bonds is 18.